The molecule has 0 spiro atoms. The van der Waals surface area contributed by atoms with Gasteiger partial charge in [-0.1, -0.05) is 0 Å². The molecule has 4 nitrogen and oxygen atoms in total. The van der Waals surface area contributed by atoms with Crippen LogP contribution in [-0.2, 0) is 9.53 Å². The van der Waals surface area contributed by atoms with Crippen molar-refractivity contribution in [3.05, 3.63) is 0 Å². The lowest BCUT2D eigenvalue weighted by Gasteiger charge is -2.23. The van der Waals surface area contributed by atoms with Crippen LogP contribution in [0.4, 0.5) is 0 Å². The molecule has 2 rings (SSSR count). The first-order valence-corrected chi connectivity index (χ1v) is 5.34. The van der Waals surface area contributed by atoms with Crippen molar-refractivity contribution in [1.29, 1.82) is 0 Å². The number of nitrogens with two attached hydrogens (primary N) is 1. The standard InChI is InChI=1S/C10H18N2O2/c11-10(3-4-10)7-9(13)12-8-1-5-14-6-2-8/h8H,1-7,11H2,(H,12,13). The van der Waals surface area contributed by atoms with Gasteiger partial charge in [-0.15, -0.1) is 0 Å². The van der Waals surface area contributed by atoms with Gasteiger partial charge in [-0.05, 0) is 25.7 Å². The zero-order valence-corrected chi connectivity index (χ0v) is 8.42. The van der Waals surface area contributed by atoms with Gasteiger partial charge in [-0.3, -0.25) is 4.79 Å². The van der Waals surface area contributed by atoms with Gasteiger partial charge in [-0.25, -0.2) is 0 Å². The van der Waals surface area contributed by atoms with E-state index in [2.05, 4.69) is 5.32 Å². The Morgan fingerprint density at radius 3 is 2.64 bits per heavy atom. The second kappa shape index (κ2) is 3.87. The number of rotatable bonds is 3. The summed E-state index contributed by atoms with van der Waals surface area (Å²) in [6, 6.07) is 0.304. The second-order valence-electron chi connectivity index (χ2n) is 4.49. The zero-order chi connectivity index (χ0) is 10.0. The Hall–Kier alpha value is -0.610. The van der Waals surface area contributed by atoms with E-state index < -0.39 is 0 Å². The number of amides is 1. The Kier molecular flexibility index (Phi) is 2.74. The molecule has 1 saturated heterocycles. The molecule has 14 heavy (non-hydrogen) atoms. The Bertz CT molecular complexity index is 220. The molecule has 0 radical (unpaired) electrons. The van der Waals surface area contributed by atoms with Crippen LogP contribution in [-0.4, -0.2) is 30.7 Å². The summed E-state index contributed by atoms with van der Waals surface area (Å²) in [5.74, 6) is 0.108. The van der Waals surface area contributed by atoms with E-state index in [4.69, 9.17) is 10.5 Å². The van der Waals surface area contributed by atoms with Crippen LogP contribution in [0.1, 0.15) is 32.1 Å². The number of carbonyl (C=O) groups excluding carboxylic acids is 1. The van der Waals surface area contributed by atoms with E-state index in [1.165, 1.54) is 0 Å². The van der Waals surface area contributed by atoms with Crippen LogP contribution in [0.2, 0.25) is 0 Å². The quantitative estimate of drug-likeness (QED) is 0.679. The van der Waals surface area contributed by atoms with E-state index in [0.29, 0.717) is 12.5 Å². The first-order valence-electron chi connectivity index (χ1n) is 5.34. The SMILES string of the molecule is NC1(CC(=O)NC2CCOCC2)CC1. The maximum absolute atomic E-state index is 11.5. The summed E-state index contributed by atoms with van der Waals surface area (Å²) in [4.78, 5) is 11.5. The number of ether oxygens (including phenoxy) is 1. The average Bonchev–Trinajstić information content (AvgIpc) is 2.84. The fourth-order valence-corrected chi connectivity index (χ4v) is 1.78. The van der Waals surface area contributed by atoms with Crippen LogP contribution in [0.5, 0.6) is 0 Å². The van der Waals surface area contributed by atoms with Gasteiger partial charge in [0.2, 0.25) is 5.91 Å². The molecule has 0 bridgehead atoms. The van der Waals surface area contributed by atoms with E-state index in [1.54, 1.807) is 0 Å². The van der Waals surface area contributed by atoms with Crippen LogP contribution in [0.3, 0.4) is 0 Å². The highest BCUT2D eigenvalue weighted by Crippen LogP contribution is 2.35. The largest absolute Gasteiger partial charge is 0.381 e. The van der Waals surface area contributed by atoms with Crippen LogP contribution in [0.15, 0.2) is 0 Å². The molecule has 0 unspecified atom stereocenters. The van der Waals surface area contributed by atoms with Crippen LogP contribution in [0.25, 0.3) is 0 Å². The average molecular weight is 198 g/mol. The normalized spacial score (nSPS) is 25.8. The minimum absolute atomic E-state index is 0.108. The van der Waals surface area contributed by atoms with E-state index in [-0.39, 0.29) is 11.4 Å². The van der Waals surface area contributed by atoms with Crippen molar-refractivity contribution in [2.24, 2.45) is 5.73 Å². The molecular weight excluding hydrogens is 180 g/mol. The van der Waals surface area contributed by atoms with E-state index in [1.807, 2.05) is 0 Å². The lowest BCUT2D eigenvalue weighted by molar-refractivity contribution is -0.122. The molecule has 0 aromatic heterocycles. The van der Waals surface area contributed by atoms with Crippen molar-refractivity contribution in [2.45, 2.75) is 43.7 Å². The van der Waals surface area contributed by atoms with Crippen molar-refractivity contribution in [1.82, 2.24) is 5.32 Å². The van der Waals surface area contributed by atoms with Crippen LogP contribution in [0, 0.1) is 0 Å². The summed E-state index contributed by atoms with van der Waals surface area (Å²) in [5, 5.41) is 3.02. The molecule has 2 fully saturated rings. The molecule has 1 aliphatic heterocycles. The molecule has 0 atom stereocenters. The third-order valence-electron chi connectivity index (χ3n) is 2.99. The molecule has 0 aromatic carbocycles. The van der Waals surface area contributed by atoms with E-state index in [0.717, 1.165) is 38.9 Å². The summed E-state index contributed by atoms with van der Waals surface area (Å²) >= 11 is 0. The molecule has 1 aliphatic carbocycles. The summed E-state index contributed by atoms with van der Waals surface area (Å²) in [6.45, 7) is 1.53. The molecule has 1 amide bonds. The third-order valence-corrected chi connectivity index (χ3v) is 2.99. The lowest BCUT2D eigenvalue weighted by Crippen LogP contribution is -2.41. The van der Waals surface area contributed by atoms with Gasteiger partial charge in [0.05, 0.1) is 0 Å². The van der Waals surface area contributed by atoms with Gasteiger partial charge in [-0.2, -0.15) is 0 Å². The maximum atomic E-state index is 11.5. The minimum atomic E-state index is -0.171. The summed E-state index contributed by atoms with van der Waals surface area (Å²) in [7, 11) is 0. The van der Waals surface area contributed by atoms with Gasteiger partial charge in [0.15, 0.2) is 0 Å². The van der Waals surface area contributed by atoms with Crippen molar-refractivity contribution < 1.29 is 9.53 Å². The van der Waals surface area contributed by atoms with Crippen molar-refractivity contribution >= 4 is 5.91 Å². The molecule has 3 N–H and O–H groups in total. The number of hydrogen-bond donors (Lipinski definition) is 2. The lowest BCUT2D eigenvalue weighted by atomic mass is 10.1. The number of hydrogen-bond acceptors (Lipinski definition) is 3. The minimum Gasteiger partial charge on any atom is -0.381 e. The molecule has 4 heteroatoms. The molecule has 1 saturated carbocycles. The second-order valence-corrected chi connectivity index (χ2v) is 4.49. The zero-order valence-electron chi connectivity index (χ0n) is 8.42. The number of nitrogens with one attached hydrogen (secondary N) is 1. The first-order chi connectivity index (χ1) is 6.68. The summed E-state index contributed by atoms with van der Waals surface area (Å²) in [6.07, 6.45) is 4.35. The molecule has 1 heterocycles. The highest BCUT2D eigenvalue weighted by Gasteiger charge is 2.40. The van der Waals surface area contributed by atoms with Crippen molar-refractivity contribution in [2.75, 3.05) is 13.2 Å². The monoisotopic (exact) mass is 198 g/mol. The predicted molar refractivity (Wildman–Crippen MR) is 52.8 cm³/mol. The Labute approximate surface area is 84.2 Å². The molecule has 80 valence electrons. The predicted octanol–water partition coefficient (Wildman–Crippen LogP) is 0.163. The molecule has 0 aromatic rings. The smallest absolute Gasteiger partial charge is 0.222 e. The fourth-order valence-electron chi connectivity index (χ4n) is 1.78. The topological polar surface area (TPSA) is 64.4 Å². The number of carbonyl (C=O) groups is 1. The third kappa shape index (κ3) is 2.69. The maximum Gasteiger partial charge on any atom is 0.222 e. The highest BCUT2D eigenvalue weighted by molar-refractivity contribution is 5.78. The highest BCUT2D eigenvalue weighted by atomic mass is 16.5. The van der Waals surface area contributed by atoms with Crippen LogP contribution < -0.4 is 11.1 Å². The van der Waals surface area contributed by atoms with Gasteiger partial charge < -0.3 is 15.8 Å². The fraction of sp³-hybridized carbons (Fsp3) is 0.900. The Balaban J connectivity index is 1.70. The van der Waals surface area contributed by atoms with Gasteiger partial charge in [0.25, 0.3) is 0 Å². The van der Waals surface area contributed by atoms with E-state index >= 15 is 0 Å². The van der Waals surface area contributed by atoms with Crippen molar-refractivity contribution in [3.8, 4) is 0 Å². The molecular formula is C10H18N2O2. The Morgan fingerprint density at radius 1 is 1.43 bits per heavy atom. The first kappa shape index (κ1) is 9.93. The van der Waals surface area contributed by atoms with Gasteiger partial charge in [0.1, 0.15) is 0 Å². The van der Waals surface area contributed by atoms with Crippen molar-refractivity contribution in [3.63, 3.8) is 0 Å². The Morgan fingerprint density at radius 2 is 2.07 bits per heavy atom. The van der Waals surface area contributed by atoms with Gasteiger partial charge in [0, 0.05) is 31.2 Å². The summed E-state index contributed by atoms with van der Waals surface area (Å²) < 4.78 is 5.22. The molecule has 2 aliphatic rings. The van der Waals surface area contributed by atoms with Gasteiger partial charge >= 0.3 is 0 Å². The summed E-state index contributed by atoms with van der Waals surface area (Å²) in [5.41, 5.74) is 5.70. The van der Waals surface area contributed by atoms with E-state index in [9.17, 15) is 4.79 Å². The van der Waals surface area contributed by atoms with Crippen LogP contribution >= 0.6 is 0 Å².